The molecule has 1 aromatic carbocycles. The molecule has 0 radical (unpaired) electrons. The number of rotatable bonds is 3. The van der Waals surface area contributed by atoms with Crippen LogP contribution in [-0.4, -0.2) is 26.8 Å². The highest BCUT2D eigenvalue weighted by atomic mass is 16.4. The predicted molar refractivity (Wildman–Crippen MR) is 74.0 cm³/mol. The number of hydrogen-bond donors (Lipinski definition) is 2. The average molecular weight is 273 g/mol. The highest BCUT2D eigenvalue weighted by Crippen LogP contribution is 2.19. The van der Waals surface area contributed by atoms with Crippen molar-refractivity contribution in [2.45, 2.75) is 13.8 Å². The molecule has 0 atom stereocenters. The normalized spacial score (nSPS) is 10.3. The number of anilines is 1. The van der Waals surface area contributed by atoms with Crippen LogP contribution in [0.3, 0.4) is 0 Å². The fourth-order valence-corrected chi connectivity index (χ4v) is 1.86. The minimum Gasteiger partial charge on any atom is -0.478 e. The molecule has 6 heteroatoms. The van der Waals surface area contributed by atoms with E-state index in [2.05, 4.69) is 10.4 Å². The van der Waals surface area contributed by atoms with Crippen molar-refractivity contribution in [3.05, 3.63) is 46.8 Å². The fourth-order valence-electron chi connectivity index (χ4n) is 1.86. The van der Waals surface area contributed by atoms with Crippen LogP contribution in [0.4, 0.5) is 5.69 Å². The van der Waals surface area contributed by atoms with Gasteiger partial charge >= 0.3 is 5.97 Å². The minimum atomic E-state index is -1.08. The molecule has 0 aliphatic heterocycles. The van der Waals surface area contributed by atoms with Crippen LogP contribution < -0.4 is 5.32 Å². The third-order valence-electron chi connectivity index (χ3n) is 3.13. The van der Waals surface area contributed by atoms with Gasteiger partial charge in [-0.2, -0.15) is 5.10 Å². The Morgan fingerprint density at radius 2 is 1.95 bits per heavy atom. The van der Waals surface area contributed by atoms with Crippen LogP contribution >= 0.6 is 0 Å². The lowest BCUT2D eigenvalue weighted by atomic mass is 10.1. The standard InChI is InChI=1S/C14H15N3O3/c1-8-4-5-12(10(6-8)14(19)20)16-13(18)11-7-15-17(3)9(11)2/h4-7H,1-3H3,(H,16,18)(H,19,20). The molecule has 1 amide bonds. The second-order valence-corrected chi connectivity index (χ2v) is 4.58. The van der Waals surface area contributed by atoms with Crippen LogP contribution in [0.2, 0.25) is 0 Å². The maximum Gasteiger partial charge on any atom is 0.337 e. The van der Waals surface area contributed by atoms with Crippen LogP contribution in [0, 0.1) is 13.8 Å². The van der Waals surface area contributed by atoms with Gasteiger partial charge in [-0.15, -0.1) is 0 Å². The van der Waals surface area contributed by atoms with Crippen LogP contribution in [0.25, 0.3) is 0 Å². The SMILES string of the molecule is Cc1ccc(NC(=O)c2cnn(C)c2C)c(C(=O)O)c1. The van der Waals surface area contributed by atoms with Crippen LogP contribution in [-0.2, 0) is 7.05 Å². The number of nitrogens with one attached hydrogen (secondary N) is 1. The van der Waals surface area contributed by atoms with Crippen LogP contribution in [0.15, 0.2) is 24.4 Å². The molecule has 0 bridgehead atoms. The van der Waals surface area contributed by atoms with Gasteiger partial charge in [0, 0.05) is 12.7 Å². The molecule has 0 unspecified atom stereocenters. The predicted octanol–water partition coefficient (Wildman–Crippen LogP) is 1.99. The molecule has 0 aliphatic rings. The Bertz CT molecular complexity index is 689. The summed E-state index contributed by atoms with van der Waals surface area (Å²) in [6.07, 6.45) is 1.46. The lowest BCUT2D eigenvalue weighted by molar-refractivity contribution is 0.0698. The molecule has 0 saturated carbocycles. The quantitative estimate of drug-likeness (QED) is 0.895. The van der Waals surface area contributed by atoms with E-state index in [1.54, 1.807) is 37.7 Å². The first-order valence-electron chi connectivity index (χ1n) is 6.04. The molecule has 0 fully saturated rings. The third kappa shape index (κ3) is 2.54. The molecule has 6 nitrogen and oxygen atoms in total. The number of nitrogens with zero attached hydrogens (tertiary/aromatic N) is 2. The summed E-state index contributed by atoms with van der Waals surface area (Å²) in [5.74, 6) is -1.45. The third-order valence-corrected chi connectivity index (χ3v) is 3.13. The van der Waals surface area contributed by atoms with Crippen molar-refractivity contribution in [2.24, 2.45) is 7.05 Å². The zero-order valence-electron chi connectivity index (χ0n) is 11.5. The zero-order chi connectivity index (χ0) is 14.9. The molecule has 104 valence electrons. The lowest BCUT2D eigenvalue weighted by Gasteiger charge is -2.09. The highest BCUT2D eigenvalue weighted by Gasteiger charge is 2.16. The number of hydrogen-bond acceptors (Lipinski definition) is 3. The number of carboxylic acid groups (broad SMARTS) is 1. The van der Waals surface area contributed by atoms with E-state index in [1.165, 1.54) is 12.3 Å². The number of aromatic carboxylic acids is 1. The largest absolute Gasteiger partial charge is 0.478 e. The summed E-state index contributed by atoms with van der Waals surface area (Å²) in [7, 11) is 1.74. The van der Waals surface area contributed by atoms with Crippen molar-refractivity contribution in [3.63, 3.8) is 0 Å². The Morgan fingerprint density at radius 3 is 2.50 bits per heavy atom. The van der Waals surface area contributed by atoms with E-state index in [4.69, 9.17) is 5.11 Å². The van der Waals surface area contributed by atoms with Crippen molar-refractivity contribution in [3.8, 4) is 0 Å². The van der Waals surface area contributed by atoms with E-state index in [1.807, 2.05) is 0 Å². The van der Waals surface area contributed by atoms with Gasteiger partial charge in [0.05, 0.1) is 23.0 Å². The number of amides is 1. The van der Waals surface area contributed by atoms with Crippen molar-refractivity contribution in [2.75, 3.05) is 5.32 Å². The molecule has 1 heterocycles. The molecule has 2 rings (SSSR count). The molecular formula is C14H15N3O3. The van der Waals surface area contributed by atoms with Gasteiger partial charge in [-0.1, -0.05) is 11.6 Å². The van der Waals surface area contributed by atoms with E-state index in [-0.39, 0.29) is 17.2 Å². The van der Waals surface area contributed by atoms with Crippen molar-refractivity contribution in [1.82, 2.24) is 9.78 Å². The van der Waals surface area contributed by atoms with Gasteiger partial charge in [0.2, 0.25) is 0 Å². The molecule has 0 spiro atoms. The monoisotopic (exact) mass is 273 g/mol. The number of aromatic nitrogens is 2. The molecule has 0 aliphatic carbocycles. The summed E-state index contributed by atoms with van der Waals surface area (Å²) in [6, 6.07) is 4.86. The molecule has 1 aromatic heterocycles. The Hall–Kier alpha value is -2.63. The molecule has 0 saturated heterocycles. The first-order valence-corrected chi connectivity index (χ1v) is 6.04. The van der Waals surface area contributed by atoms with E-state index in [0.29, 0.717) is 11.3 Å². The maximum absolute atomic E-state index is 12.2. The minimum absolute atomic E-state index is 0.0693. The Labute approximate surface area is 116 Å². The topological polar surface area (TPSA) is 84.2 Å². The van der Waals surface area contributed by atoms with E-state index < -0.39 is 5.97 Å². The zero-order valence-corrected chi connectivity index (χ0v) is 11.5. The number of aryl methyl sites for hydroxylation is 2. The molecular weight excluding hydrogens is 258 g/mol. The summed E-state index contributed by atoms with van der Waals surface area (Å²) in [5.41, 5.74) is 2.30. The summed E-state index contributed by atoms with van der Waals surface area (Å²) in [6.45, 7) is 3.57. The second-order valence-electron chi connectivity index (χ2n) is 4.58. The number of carbonyl (C=O) groups excluding carboxylic acids is 1. The highest BCUT2D eigenvalue weighted by molar-refractivity contribution is 6.08. The summed E-state index contributed by atoms with van der Waals surface area (Å²) in [4.78, 5) is 23.3. The van der Waals surface area contributed by atoms with Gasteiger partial charge in [0.15, 0.2) is 0 Å². The Kier molecular flexibility index (Phi) is 3.56. The molecule has 2 aromatic rings. The van der Waals surface area contributed by atoms with E-state index in [0.717, 1.165) is 5.56 Å². The second kappa shape index (κ2) is 5.16. The number of benzene rings is 1. The molecule has 20 heavy (non-hydrogen) atoms. The number of carboxylic acids is 1. The van der Waals surface area contributed by atoms with E-state index in [9.17, 15) is 9.59 Å². The lowest BCUT2D eigenvalue weighted by Crippen LogP contribution is -2.15. The van der Waals surface area contributed by atoms with Gasteiger partial charge in [-0.05, 0) is 26.0 Å². The maximum atomic E-state index is 12.2. The van der Waals surface area contributed by atoms with Crippen molar-refractivity contribution < 1.29 is 14.7 Å². The fraction of sp³-hybridized carbons (Fsp3) is 0.214. The van der Waals surface area contributed by atoms with Gasteiger partial charge in [0.1, 0.15) is 0 Å². The molecule has 2 N–H and O–H groups in total. The first kappa shape index (κ1) is 13.8. The van der Waals surface area contributed by atoms with Crippen molar-refractivity contribution >= 4 is 17.6 Å². The van der Waals surface area contributed by atoms with Gasteiger partial charge < -0.3 is 10.4 Å². The van der Waals surface area contributed by atoms with Gasteiger partial charge in [0.25, 0.3) is 5.91 Å². The average Bonchev–Trinajstić information content (AvgIpc) is 2.72. The summed E-state index contributed by atoms with van der Waals surface area (Å²) in [5, 5.41) is 15.8. The van der Waals surface area contributed by atoms with Crippen LogP contribution in [0.5, 0.6) is 0 Å². The summed E-state index contributed by atoms with van der Waals surface area (Å²) >= 11 is 0. The smallest absolute Gasteiger partial charge is 0.337 e. The Balaban J connectivity index is 2.33. The van der Waals surface area contributed by atoms with Crippen LogP contribution in [0.1, 0.15) is 32.0 Å². The summed E-state index contributed by atoms with van der Waals surface area (Å²) < 4.78 is 1.59. The first-order chi connectivity index (χ1) is 9.40. The van der Waals surface area contributed by atoms with Gasteiger partial charge in [-0.3, -0.25) is 9.48 Å². The number of carbonyl (C=O) groups is 2. The van der Waals surface area contributed by atoms with Gasteiger partial charge in [-0.25, -0.2) is 4.79 Å². The van der Waals surface area contributed by atoms with Crippen molar-refractivity contribution in [1.29, 1.82) is 0 Å². The Morgan fingerprint density at radius 1 is 1.25 bits per heavy atom. The van der Waals surface area contributed by atoms with E-state index >= 15 is 0 Å².